The molecule has 0 radical (unpaired) electrons. The van der Waals surface area contributed by atoms with E-state index >= 15 is 0 Å². The monoisotopic (exact) mass is 396 g/mol. The van der Waals surface area contributed by atoms with Crippen molar-refractivity contribution in [1.82, 2.24) is 0 Å². The number of esters is 1. The normalized spacial score (nSPS) is 39.0. The highest BCUT2D eigenvalue weighted by Crippen LogP contribution is 2.66. The van der Waals surface area contributed by atoms with E-state index in [0.29, 0.717) is 11.8 Å². The summed E-state index contributed by atoms with van der Waals surface area (Å²) in [5, 5.41) is 0. The smallest absolute Gasteiger partial charge is 0.469 e. The number of ether oxygens (including phenoxy) is 1. The van der Waals surface area contributed by atoms with Gasteiger partial charge in [-0.3, -0.25) is 4.79 Å². The standard InChI is InChI=1S/C24H33BO4/c1-21(2)22(3,4)29-25(28-21)19-8-6-18(7-9-19)23-11-16-10-17(12-23)14-24(13-16,15-23)20(26)27-5/h6-9,16-17H,10-15H2,1-5H3/t16-,17?,23?,24?/m0/s1. The van der Waals surface area contributed by atoms with Gasteiger partial charge in [-0.1, -0.05) is 24.3 Å². The Balaban J connectivity index is 1.43. The van der Waals surface area contributed by atoms with Crippen molar-refractivity contribution in [2.24, 2.45) is 17.3 Å². The lowest BCUT2D eigenvalue weighted by molar-refractivity contribution is -0.171. The van der Waals surface area contributed by atoms with Gasteiger partial charge >= 0.3 is 13.1 Å². The van der Waals surface area contributed by atoms with E-state index < -0.39 is 0 Å². The van der Waals surface area contributed by atoms with Crippen LogP contribution in [0.5, 0.6) is 0 Å². The molecule has 5 aliphatic rings. The Labute approximate surface area is 174 Å². The first-order valence-electron chi connectivity index (χ1n) is 11.1. The number of carbonyl (C=O) groups excluding carboxylic acids is 1. The molecule has 5 fully saturated rings. The predicted molar refractivity (Wildman–Crippen MR) is 113 cm³/mol. The van der Waals surface area contributed by atoms with Crippen LogP contribution in [0, 0.1) is 17.3 Å². The molecule has 1 aromatic rings. The highest BCUT2D eigenvalue weighted by atomic mass is 16.7. The van der Waals surface area contributed by atoms with Crippen LogP contribution < -0.4 is 5.46 Å². The van der Waals surface area contributed by atoms with Gasteiger partial charge in [-0.15, -0.1) is 0 Å². The number of benzene rings is 1. The van der Waals surface area contributed by atoms with Crippen LogP contribution in [0.2, 0.25) is 0 Å². The first-order chi connectivity index (χ1) is 13.6. The molecule has 4 nitrogen and oxygen atoms in total. The molecule has 5 heteroatoms. The summed E-state index contributed by atoms with van der Waals surface area (Å²) in [6.45, 7) is 8.35. The summed E-state index contributed by atoms with van der Waals surface area (Å²) in [7, 11) is 1.22. The van der Waals surface area contributed by atoms with Crippen LogP contribution in [0.15, 0.2) is 24.3 Å². The van der Waals surface area contributed by atoms with Crippen molar-refractivity contribution in [3.05, 3.63) is 29.8 Å². The first kappa shape index (κ1) is 19.6. The molecule has 1 saturated heterocycles. The fourth-order valence-electron chi connectivity index (χ4n) is 7.03. The van der Waals surface area contributed by atoms with Gasteiger partial charge in [0.2, 0.25) is 0 Å². The molecule has 29 heavy (non-hydrogen) atoms. The lowest BCUT2D eigenvalue weighted by Crippen LogP contribution is -2.57. The Morgan fingerprint density at radius 3 is 2.03 bits per heavy atom. The molecule has 1 aliphatic heterocycles. The highest BCUT2D eigenvalue weighted by molar-refractivity contribution is 6.62. The molecule has 0 spiro atoms. The lowest BCUT2D eigenvalue weighted by atomic mass is 9.43. The average Bonchev–Trinajstić information content (AvgIpc) is 2.87. The molecule has 0 aromatic heterocycles. The second kappa shape index (κ2) is 6.10. The molecule has 4 bridgehead atoms. The number of rotatable bonds is 3. The van der Waals surface area contributed by atoms with E-state index in [4.69, 9.17) is 14.0 Å². The minimum atomic E-state index is -0.330. The molecular weight excluding hydrogens is 363 g/mol. The fraction of sp³-hybridized carbons (Fsp3) is 0.708. The summed E-state index contributed by atoms with van der Waals surface area (Å²) in [6, 6.07) is 8.86. The minimum Gasteiger partial charge on any atom is -0.469 e. The summed E-state index contributed by atoms with van der Waals surface area (Å²) in [4.78, 5) is 12.7. The highest BCUT2D eigenvalue weighted by Gasteiger charge is 2.61. The van der Waals surface area contributed by atoms with Crippen LogP contribution in [0.1, 0.15) is 71.8 Å². The molecule has 0 N–H and O–H groups in total. The van der Waals surface area contributed by atoms with E-state index in [0.717, 1.165) is 24.7 Å². The summed E-state index contributed by atoms with van der Waals surface area (Å²) >= 11 is 0. The van der Waals surface area contributed by atoms with Crippen molar-refractivity contribution in [2.45, 2.75) is 82.8 Å². The zero-order valence-corrected chi connectivity index (χ0v) is 18.4. The zero-order valence-electron chi connectivity index (χ0n) is 18.4. The van der Waals surface area contributed by atoms with Gasteiger partial charge in [-0.25, -0.2) is 0 Å². The van der Waals surface area contributed by atoms with Crippen molar-refractivity contribution >= 4 is 18.6 Å². The van der Waals surface area contributed by atoms with Gasteiger partial charge in [0.15, 0.2) is 0 Å². The van der Waals surface area contributed by atoms with Crippen molar-refractivity contribution in [3.8, 4) is 0 Å². The number of carbonyl (C=O) groups is 1. The average molecular weight is 396 g/mol. The predicted octanol–water partition coefficient (Wildman–Crippen LogP) is 4.00. The first-order valence-corrected chi connectivity index (χ1v) is 11.1. The molecule has 0 amide bonds. The number of methoxy groups -OCH3 is 1. The molecule has 1 heterocycles. The molecule has 3 unspecified atom stereocenters. The van der Waals surface area contributed by atoms with Crippen LogP contribution in [-0.2, 0) is 24.3 Å². The number of hydrogen-bond acceptors (Lipinski definition) is 4. The molecule has 6 rings (SSSR count). The van der Waals surface area contributed by atoms with Crippen molar-refractivity contribution < 1.29 is 18.8 Å². The fourth-order valence-corrected chi connectivity index (χ4v) is 7.03. The van der Waals surface area contributed by atoms with Crippen molar-refractivity contribution in [1.29, 1.82) is 0 Å². The van der Waals surface area contributed by atoms with Gasteiger partial charge in [0.05, 0.1) is 23.7 Å². The third-order valence-corrected chi connectivity index (χ3v) is 8.73. The quantitative estimate of drug-likeness (QED) is 0.572. The van der Waals surface area contributed by atoms with Crippen LogP contribution in [0.25, 0.3) is 0 Å². The van der Waals surface area contributed by atoms with Gasteiger partial charge in [0, 0.05) is 0 Å². The van der Waals surface area contributed by atoms with E-state index in [1.165, 1.54) is 24.8 Å². The third kappa shape index (κ3) is 2.84. The summed E-state index contributed by atoms with van der Waals surface area (Å²) in [5.74, 6) is 1.32. The van der Waals surface area contributed by atoms with E-state index in [1.54, 1.807) is 7.11 Å². The van der Waals surface area contributed by atoms with Crippen LogP contribution in [-0.4, -0.2) is 31.4 Å². The molecule has 4 atom stereocenters. The SMILES string of the molecule is COC(=O)C12CC3C[C@H](C1)CC(c1ccc(B4OC(C)(C)C(C)(C)O4)cc1)(C3)C2. The third-order valence-electron chi connectivity index (χ3n) is 8.73. The van der Waals surface area contributed by atoms with E-state index in [9.17, 15) is 4.79 Å². The lowest BCUT2D eigenvalue weighted by Gasteiger charge is -2.61. The van der Waals surface area contributed by atoms with Gasteiger partial charge in [0.1, 0.15) is 0 Å². The van der Waals surface area contributed by atoms with Gasteiger partial charge < -0.3 is 14.0 Å². The van der Waals surface area contributed by atoms with Gasteiger partial charge in [0.25, 0.3) is 0 Å². The van der Waals surface area contributed by atoms with E-state index in [-0.39, 0.29) is 35.1 Å². The zero-order chi connectivity index (χ0) is 20.7. The van der Waals surface area contributed by atoms with Crippen LogP contribution >= 0.6 is 0 Å². The molecular formula is C24H33BO4. The van der Waals surface area contributed by atoms with E-state index in [2.05, 4.69) is 52.0 Å². The number of hydrogen-bond donors (Lipinski definition) is 0. The molecule has 4 aliphatic carbocycles. The van der Waals surface area contributed by atoms with E-state index in [1.807, 2.05) is 0 Å². The Hall–Kier alpha value is -1.33. The Kier molecular flexibility index (Phi) is 4.13. The molecule has 1 aromatic carbocycles. The Bertz CT molecular complexity index is 798. The largest absolute Gasteiger partial charge is 0.494 e. The minimum absolute atomic E-state index is 0.0183. The second-order valence-electron chi connectivity index (χ2n) is 11.2. The maximum atomic E-state index is 12.7. The van der Waals surface area contributed by atoms with Crippen molar-refractivity contribution in [3.63, 3.8) is 0 Å². The van der Waals surface area contributed by atoms with Crippen LogP contribution in [0.4, 0.5) is 0 Å². The Morgan fingerprint density at radius 1 is 0.966 bits per heavy atom. The molecule has 4 saturated carbocycles. The summed E-state index contributed by atoms with van der Waals surface area (Å²) in [5.41, 5.74) is 1.64. The van der Waals surface area contributed by atoms with Gasteiger partial charge in [-0.2, -0.15) is 0 Å². The van der Waals surface area contributed by atoms with Gasteiger partial charge in [-0.05, 0) is 94.5 Å². The van der Waals surface area contributed by atoms with Crippen LogP contribution in [0.3, 0.4) is 0 Å². The Morgan fingerprint density at radius 2 is 1.52 bits per heavy atom. The topological polar surface area (TPSA) is 44.8 Å². The summed E-state index contributed by atoms with van der Waals surface area (Å²) < 4.78 is 17.7. The maximum absolute atomic E-state index is 12.7. The second-order valence-corrected chi connectivity index (χ2v) is 11.2. The summed E-state index contributed by atoms with van der Waals surface area (Å²) in [6.07, 6.45) is 6.67. The van der Waals surface area contributed by atoms with Crippen molar-refractivity contribution in [2.75, 3.05) is 7.11 Å². The maximum Gasteiger partial charge on any atom is 0.494 e. The molecule has 156 valence electrons.